The second kappa shape index (κ2) is 4.45. The molecule has 3 heteroatoms. The molecular formula is C12H15NO2. The van der Waals surface area contributed by atoms with E-state index in [-0.39, 0.29) is 18.6 Å². The molecule has 0 aliphatic carbocycles. The lowest BCUT2D eigenvalue weighted by Gasteiger charge is -2.24. The van der Waals surface area contributed by atoms with E-state index in [1.165, 1.54) is 0 Å². The summed E-state index contributed by atoms with van der Waals surface area (Å²) in [5, 5.41) is 8.94. The van der Waals surface area contributed by atoms with Crippen molar-refractivity contribution in [2.45, 2.75) is 25.3 Å². The zero-order valence-corrected chi connectivity index (χ0v) is 8.60. The van der Waals surface area contributed by atoms with Crippen LogP contribution < -0.4 is 4.90 Å². The van der Waals surface area contributed by atoms with Gasteiger partial charge in [0.05, 0.1) is 0 Å². The van der Waals surface area contributed by atoms with Crippen LogP contribution in [0, 0.1) is 0 Å². The van der Waals surface area contributed by atoms with E-state index in [0.29, 0.717) is 12.8 Å². The maximum Gasteiger partial charge on any atom is 0.227 e. The number of benzene rings is 1. The number of hydrogen-bond acceptors (Lipinski definition) is 2. The first kappa shape index (κ1) is 10.2. The fourth-order valence-electron chi connectivity index (χ4n) is 2.11. The van der Waals surface area contributed by atoms with Crippen molar-refractivity contribution in [3.05, 3.63) is 30.3 Å². The highest BCUT2D eigenvalue weighted by atomic mass is 16.3. The number of aliphatic hydroxyl groups excluding tert-OH is 1. The molecule has 0 spiro atoms. The Labute approximate surface area is 89.3 Å². The SMILES string of the molecule is O=C1CCC(CCO)N1c1ccccc1. The third-order valence-electron chi connectivity index (χ3n) is 2.82. The molecule has 1 aliphatic rings. The average Bonchev–Trinajstić information content (AvgIpc) is 2.62. The lowest BCUT2D eigenvalue weighted by molar-refractivity contribution is -0.117. The fourth-order valence-corrected chi connectivity index (χ4v) is 2.11. The molecule has 0 bridgehead atoms. The summed E-state index contributed by atoms with van der Waals surface area (Å²) >= 11 is 0. The summed E-state index contributed by atoms with van der Waals surface area (Å²) in [4.78, 5) is 13.5. The van der Waals surface area contributed by atoms with E-state index in [1.54, 1.807) is 0 Å². The van der Waals surface area contributed by atoms with E-state index >= 15 is 0 Å². The van der Waals surface area contributed by atoms with Crippen molar-refractivity contribution in [2.75, 3.05) is 11.5 Å². The lowest BCUT2D eigenvalue weighted by atomic mass is 10.1. The summed E-state index contributed by atoms with van der Waals surface area (Å²) in [5.41, 5.74) is 0.943. The van der Waals surface area contributed by atoms with Crippen LogP contribution in [-0.2, 0) is 4.79 Å². The lowest BCUT2D eigenvalue weighted by Crippen LogP contribution is -2.33. The van der Waals surface area contributed by atoms with E-state index < -0.39 is 0 Å². The molecule has 2 rings (SSSR count). The predicted octanol–water partition coefficient (Wildman–Crippen LogP) is 1.56. The number of para-hydroxylation sites is 1. The Morgan fingerprint density at radius 3 is 2.73 bits per heavy atom. The van der Waals surface area contributed by atoms with Gasteiger partial charge in [0.15, 0.2) is 0 Å². The molecule has 0 radical (unpaired) electrons. The number of anilines is 1. The molecule has 1 amide bonds. The Kier molecular flexibility index (Phi) is 3.02. The van der Waals surface area contributed by atoms with Crippen LogP contribution in [0.2, 0.25) is 0 Å². The molecular weight excluding hydrogens is 190 g/mol. The van der Waals surface area contributed by atoms with Crippen molar-refractivity contribution in [2.24, 2.45) is 0 Å². The van der Waals surface area contributed by atoms with E-state index in [0.717, 1.165) is 12.1 Å². The van der Waals surface area contributed by atoms with Gasteiger partial charge in [-0.2, -0.15) is 0 Å². The molecule has 1 fully saturated rings. The molecule has 3 nitrogen and oxygen atoms in total. The zero-order chi connectivity index (χ0) is 10.7. The molecule has 1 N–H and O–H groups in total. The van der Waals surface area contributed by atoms with Gasteiger partial charge in [-0.3, -0.25) is 4.79 Å². The van der Waals surface area contributed by atoms with E-state index in [4.69, 9.17) is 5.11 Å². The molecule has 0 saturated carbocycles. The van der Waals surface area contributed by atoms with Crippen molar-refractivity contribution in [1.82, 2.24) is 0 Å². The highest BCUT2D eigenvalue weighted by molar-refractivity contribution is 5.96. The van der Waals surface area contributed by atoms with Crippen LogP contribution in [-0.4, -0.2) is 23.7 Å². The highest BCUT2D eigenvalue weighted by Crippen LogP contribution is 2.27. The predicted molar refractivity (Wildman–Crippen MR) is 58.7 cm³/mol. The van der Waals surface area contributed by atoms with Crippen molar-refractivity contribution >= 4 is 11.6 Å². The van der Waals surface area contributed by atoms with Gasteiger partial charge in [0.1, 0.15) is 0 Å². The maximum atomic E-state index is 11.7. The Morgan fingerprint density at radius 1 is 1.33 bits per heavy atom. The number of nitrogens with zero attached hydrogens (tertiary/aromatic N) is 1. The van der Waals surface area contributed by atoms with E-state index in [9.17, 15) is 4.79 Å². The van der Waals surface area contributed by atoms with Gasteiger partial charge in [0, 0.05) is 24.8 Å². The Hall–Kier alpha value is -1.35. The van der Waals surface area contributed by atoms with Crippen LogP contribution >= 0.6 is 0 Å². The van der Waals surface area contributed by atoms with Crippen LogP contribution in [0.25, 0.3) is 0 Å². The van der Waals surface area contributed by atoms with E-state index in [2.05, 4.69) is 0 Å². The maximum absolute atomic E-state index is 11.7. The van der Waals surface area contributed by atoms with Gasteiger partial charge >= 0.3 is 0 Å². The van der Waals surface area contributed by atoms with Crippen molar-refractivity contribution in [1.29, 1.82) is 0 Å². The molecule has 1 aromatic rings. The van der Waals surface area contributed by atoms with Crippen LogP contribution in [0.15, 0.2) is 30.3 Å². The summed E-state index contributed by atoms with van der Waals surface area (Å²) in [7, 11) is 0. The fraction of sp³-hybridized carbons (Fsp3) is 0.417. The number of hydrogen-bond donors (Lipinski definition) is 1. The van der Waals surface area contributed by atoms with Crippen molar-refractivity contribution < 1.29 is 9.90 Å². The van der Waals surface area contributed by atoms with Crippen molar-refractivity contribution in [3.8, 4) is 0 Å². The molecule has 1 heterocycles. The quantitative estimate of drug-likeness (QED) is 0.813. The van der Waals surface area contributed by atoms with Crippen molar-refractivity contribution in [3.63, 3.8) is 0 Å². The van der Waals surface area contributed by atoms with Gasteiger partial charge in [-0.05, 0) is 25.0 Å². The largest absolute Gasteiger partial charge is 0.396 e. The highest BCUT2D eigenvalue weighted by Gasteiger charge is 2.31. The molecule has 1 aliphatic heterocycles. The zero-order valence-electron chi connectivity index (χ0n) is 8.60. The first-order valence-electron chi connectivity index (χ1n) is 5.31. The third kappa shape index (κ3) is 2.02. The molecule has 0 aromatic heterocycles. The van der Waals surface area contributed by atoms with Crippen LogP contribution in [0.5, 0.6) is 0 Å². The van der Waals surface area contributed by atoms with Gasteiger partial charge in [-0.25, -0.2) is 0 Å². The van der Waals surface area contributed by atoms with Gasteiger partial charge in [-0.1, -0.05) is 18.2 Å². The van der Waals surface area contributed by atoms with Crippen LogP contribution in [0.4, 0.5) is 5.69 Å². The molecule has 80 valence electrons. The number of rotatable bonds is 3. The monoisotopic (exact) mass is 205 g/mol. The van der Waals surface area contributed by atoms with E-state index in [1.807, 2.05) is 35.2 Å². The van der Waals surface area contributed by atoms with Gasteiger partial charge in [0.2, 0.25) is 5.91 Å². The second-order valence-electron chi connectivity index (χ2n) is 3.80. The third-order valence-corrected chi connectivity index (χ3v) is 2.82. The standard InChI is InChI=1S/C12H15NO2/c14-9-8-11-6-7-12(15)13(11)10-4-2-1-3-5-10/h1-5,11,14H,6-9H2. The van der Waals surface area contributed by atoms with Gasteiger partial charge in [0.25, 0.3) is 0 Å². The minimum atomic E-state index is 0.140. The summed E-state index contributed by atoms with van der Waals surface area (Å²) in [6.45, 7) is 0.140. The normalized spacial score (nSPS) is 21.0. The average molecular weight is 205 g/mol. The van der Waals surface area contributed by atoms with Crippen LogP contribution in [0.1, 0.15) is 19.3 Å². The molecule has 1 unspecified atom stereocenters. The summed E-state index contributed by atoms with van der Waals surface area (Å²) in [6.07, 6.45) is 2.12. The van der Waals surface area contributed by atoms with Crippen LogP contribution in [0.3, 0.4) is 0 Å². The molecule has 15 heavy (non-hydrogen) atoms. The Morgan fingerprint density at radius 2 is 2.07 bits per heavy atom. The van der Waals surface area contributed by atoms with Gasteiger partial charge in [-0.15, -0.1) is 0 Å². The molecule has 1 atom stereocenters. The molecule has 1 saturated heterocycles. The minimum Gasteiger partial charge on any atom is -0.396 e. The number of amides is 1. The van der Waals surface area contributed by atoms with Gasteiger partial charge < -0.3 is 10.0 Å². The number of carbonyl (C=O) groups excluding carboxylic acids is 1. The second-order valence-corrected chi connectivity index (χ2v) is 3.80. The first-order valence-corrected chi connectivity index (χ1v) is 5.31. The first-order chi connectivity index (χ1) is 7.33. The topological polar surface area (TPSA) is 40.5 Å². The number of aliphatic hydroxyl groups is 1. The Bertz CT molecular complexity index is 337. The smallest absolute Gasteiger partial charge is 0.227 e. The summed E-state index contributed by atoms with van der Waals surface area (Å²) in [6, 6.07) is 9.84. The minimum absolute atomic E-state index is 0.140. The summed E-state index contributed by atoms with van der Waals surface area (Å²) < 4.78 is 0. The molecule has 1 aromatic carbocycles. The Balaban J connectivity index is 2.21. The summed E-state index contributed by atoms with van der Waals surface area (Å²) in [5.74, 6) is 0.166. The number of carbonyl (C=O) groups is 1.